The zero-order chi connectivity index (χ0) is 15.2. The van der Waals surface area contributed by atoms with Crippen LogP contribution in [-0.4, -0.2) is 41.9 Å². The van der Waals surface area contributed by atoms with Crippen molar-refractivity contribution in [1.29, 1.82) is 0 Å². The summed E-state index contributed by atoms with van der Waals surface area (Å²) in [7, 11) is 1.54. The number of para-hydroxylation sites is 1. The highest BCUT2D eigenvalue weighted by molar-refractivity contribution is 5.84. The number of aryl methyl sites for hydroxylation is 1. The second kappa shape index (κ2) is 7.24. The van der Waals surface area contributed by atoms with Crippen molar-refractivity contribution in [1.82, 2.24) is 9.88 Å². The van der Waals surface area contributed by atoms with Crippen LogP contribution >= 0.6 is 0 Å². The van der Waals surface area contributed by atoms with Crippen LogP contribution in [0.4, 0.5) is 0 Å². The quantitative estimate of drug-likeness (QED) is 0.811. The third-order valence-electron chi connectivity index (χ3n) is 3.48. The third-order valence-corrected chi connectivity index (χ3v) is 3.48. The first-order chi connectivity index (χ1) is 10.1. The van der Waals surface area contributed by atoms with Crippen LogP contribution in [0.2, 0.25) is 0 Å². The Labute approximate surface area is 124 Å². The SMILES string of the molecule is COCC(O)CCNC(=O)Cn1c(C)cc2ccccc21. The zero-order valence-corrected chi connectivity index (χ0v) is 12.5. The lowest BCUT2D eigenvalue weighted by molar-refractivity contribution is -0.121. The maximum absolute atomic E-state index is 12.0. The summed E-state index contributed by atoms with van der Waals surface area (Å²) in [4.78, 5) is 12.0. The minimum absolute atomic E-state index is 0.0518. The minimum Gasteiger partial charge on any atom is -0.391 e. The Morgan fingerprint density at radius 3 is 2.95 bits per heavy atom. The van der Waals surface area contributed by atoms with Gasteiger partial charge in [-0.05, 0) is 30.9 Å². The maximum atomic E-state index is 12.0. The number of hydrogen-bond donors (Lipinski definition) is 2. The first kappa shape index (κ1) is 15.5. The Kier molecular flexibility index (Phi) is 5.36. The van der Waals surface area contributed by atoms with Gasteiger partial charge in [-0.1, -0.05) is 18.2 Å². The van der Waals surface area contributed by atoms with Crippen molar-refractivity contribution in [3.05, 3.63) is 36.0 Å². The van der Waals surface area contributed by atoms with Crippen LogP contribution in [0, 0.1) is 6.92 Å². The average Bonchev–Trinajstić information content (AvgIpc) is 2.76. The molecule has 0 radical (unpaired) electrons. The number of benzene rings is 1. The number of aliphatic hydroxyl groups is 1. The number of fused-ring (bicyclic) bond motifs is 1. The number of carbonyl (C=O) groups excluding carboxylic acids is 1. The Morgan fingerprint density at radius 1 is 1.43 bits per heavy atom. The van der Waals surface area contributed by atoms with E-state index in [1.165, 1.54) is 0 Å². The van der Waals surface area contributed by atoms with Gasteiger partial charge in [0.15, 0.2) is 0 Å². The topological polar surface area (TPSA) is 63.5 Å². The number of methoxy groups -OCH3 is 1. The van der Waals surface area contributed by atoms with Gasteiger partial charge in [-0.3, -0.25) is 4.79 Å². The Hall–Kier alpha value is -1.85. The number of rotatable bonds is 7. The van der Waals surface area contributed by atoms with Gasteiger partial charge < -0.3 is 19.7 Å². The minimum atomic E-state index is -0.538. The van der Waals surface area contributed by atoms with Gasteiger partial charge in [0.05, 0.1) is 12.7 Å². The van der Waals surface area contributed by atoms with Crippen LogP contribution < -0.4 is 5.32 Å². The van der Waals surface area contributed by atoms with Crippen molar-refractivity contribution in [3.8, 4) is 0 Å². The van der Waals surface area contributed by atoms with Crippen LogP contribution in [0.1, 0.15) is 12.1 Å². The van der Waals surface area contributed by atoms with Crippen molar-refractivity contribution in [3.63, 3.8) is 0 Å². The Morgan fingerprint density at radius 2 is 2.19 bits per heavy atom. The molecule has 0 aliphatic carbocycles. The Bertz CT molecular complexity index is 607. The monoisotopic (exact) mass is 290 g/mol. The van der Waals surface area contributed by atoms with Crippen molar-refractivity contribution < 1.29 is 14.6 Å². The number of amides is 1. The van der Waals surface area contributed by atoms with E-state index in [9.17, 15) is 9.90 Å². The lowest BCUT2D eigenvalue weighted by Gasteiger charge is -2.11. The summed E-state index contributed by atoms with van der Waals surface area (Å²) >= 11 is 0. The van der Waals surface area contributed by atoms with E-state index in [-0.39, 0.29) is 12.5 Å². The molecule has 1 heterocycles. The van der Waals surface area contributed by atoms with Gasteiger partial charge in [0.25, 0.3) is 0 Å². The fourth-order valence-electron chi connectivity index (χ4n) is 2.41. The van der Waals surface area contributed by atoms with Crippen molar-refractivity contribution in [2.75, 3.05) is 20.3 Å². The molecule has 1 atom stereocenters. The molecule has 1 amide bonds. The van der Waals surface area contributed by atoms with E-state index >= 15 is 0 Å². The molecule has 21 heavy (non-hydrogen) atoms. The van der Waals surface area contributed by atoms with Crippen molar-refractivity contribution >= 4 is 16.8 Å². The van der Waals surface area contributed by atoms with E-state index in [1.807, 2.05) is 35.8 Å². The number of aromatic nitrogens is 1. The molecule has 0 fully saturated rings. The lowest BCUT2D eigenvalue weighted by atomic mass is 10.2. The van der Waals surface area contributed by atoms with Gasteiger partial charge in [0, 0.05) is 24.9 Å². The predicted octanol–water partition coefficient (Wildman–Crippen LogP) is 1.46. The second-order valence-corrected chi connectivity index (χ2v) is 5.18. The predicted molar refractivity (Wildman–Crippen MR) is 82.2 cm³/mol. The van der Waals surface area contributed by atoms with Gasteiger partial charge >= 0.3 is 0 Å². The summed E-state index contributed by atoms with van der Waals surface area (Å²) in [6.07, 6.45) is -0.0465. The van der Waals surface area contributed by atoms with Crippen molar-refractivity contribution in [2.45, 2.75) is 26.0 Å². The molecule has 0 aliphatic heterocycles. The second-order valence-electron chi connectivity index (χ2n) is 5.18. The molecule has 2 aromatic rings. The smallest absolute Gasteiger partial charge is 0.239 e. The largest absolute Gasteiger partial charge is 0.391 e. The maximum Gasteiger partial charge on any atom is 0.239 e. The summed E-state index contributed by atoms with van der Waals surface area (Å²) in [5.74, 6) is -0.0518. The summed E-state index contributed by atoms with van der Waals surface area (Å²) in [5, 5.41) is 13.5. The average molecular weight is 290 g/mol. The van der Waals surface area contributed by atoms with Gasteiger partial charge in [0.2, 0.25) is 5.91 Å². The molecule has 114 valence electrons. The van der Waals surface area contributed by atoms with Gasteiger partial charge in [-0.25, -0.2) is 0 Å². The summed E-state index contributed by atoms with van der Waals surface area (Å²) < 4.78 is 6.84. The molecule has 5 nitrogen and oxygen atoms in total. The molecule has 0 saturated heterocycles. The number of aliphatic hydroxyl groups excluding tert-OH is 1. The fourth-order valence-corrected chi connectivity index (χ4v) is 2.41. The first-order valence-corrected chi connectivity index (χ1v) is 7.10. The highest BCUT2D eigenvalue weighted by atomic mass is 16.5. The molecule has 0 saturated carbocycles. The van der Waals surface area contributed by atoms with Crippen LogP contribution in [0.3, 0.4) is 0 Å². The molecule has 0 bridgehead atoms. The first-order valence-electron chi connectivity index (χ1n) is 7.10. The highest BCUT2D eigenvalue weighted by Crippen LogP contribution is 2.18. The summed E-state index contributed by atoms with van der Waals surface area (Å²) in [6, 6.07) is 10.1. The molecule has 0 aliphatic rings. The van der Waals surface area contributed by atoms with Gasteiger partial charge in [-0.2, -0.15) is 0 Å². The van der Waals surface area contributed by atoms with Crippen molar-refractivity contribution in [2.24, 2.45) is 0 Å². The molecule has 1 aromatic carbocycles. The molecule has 2 rings (SSSR count). The van der Waals surface area contributed by atoms with Crippen LogP contribution in [0.15, 0.2) is 30.3 Å². The fraction of sp³-hybridized carbons (Fsp3) is 0.438. The molecule has 1 aromatic heterocycles. The highest BCUT2D eigenvalue weighted by Gasteiger charge is 2.10. The van der Waals surface area contributed by atoms with E-state index in [2.05, 4.69) is 11.4 Å². The van der Waals surface area contributed by atoms with Gasteiger partial charge in [0.1, 0.15) is 6.54 Å². The van der Waals surface area contributed by atoms with E-state index in [0.29, 0.717) is 19.5 Å². The van der Waals surface area contributed by atoms with Crippen LogP contribution in [-0.2, 0) is 16.1 Å². The van der Waals surface area contributed by atoms with Crippen LogP contribution in [0.5, 0.6) is 0 Å². The van der Waals surface area contributed by atoms with Gasteiger partial charge in [-0.15, -0.1) is 0 Å². The molecule has 1 unspecified atom stereocenters. The van der Waals surface area contributed by atoms with E-state index in [4.69, 9.17) is 4.74 Å². The van der Waals surface area contributed by atoms with E-state index in [1.54, 1.807) is 7.11 Å². The number of nitrogens with zero attached hydrogens (tertiary/aromatic N) is 1. The van der Waals surface area contributed by atoms with E-state index in [0.717, 1.165) is 16.6 Å². The third kappa shape index (κ3) is 4.06. The number of carbonyl (C=O) groups is 1. The molecular formula is C16H22N2O3. The van der Waals surface area contributed by atoms with Crippen LogP contribution in [0.25, 0.3) is 10.9 Å². The molecular weight excluding hydrogens is 268 g/mol. The summed E-state index contributed by atoms with van der Waals surface area (Å²) in [6.45, 7) is 3.02. The standard InChI is InChI=1S/C16H22N2O3/c1-12-9-13-5-3-4-6-15(13)18(12)10-16(20)17-8-7-14(19)11-21-2/h3-6,9,14,19H,7-8,10-11H2,1-2H3,(H,17,20). The number of nitrogens with one attached hydrogen (secondary N) is 1. The normalized spacial score (nSPS) is 12.5. The number of hydrogen-bond acceptors (Lipinski definition) is 3. The number of ether oxygens (including phenoxy) is 1. The molecule has 0 spiro atoms. The molecule has 2 N–H and O–H groups in total. The lowest BCUT2D eigenvalue weighted by Crippen LogP contribution is -2.31. The zero-order valence-electron chi connectivity index (χ0n) is 12.5. The summed E-state index contributed by atoms with van der Waals surface area (Å²) in [5.41, 5.74) is 2.12. The van der Waals surface area contributed by atoms with E-state index < -0.39 is 6.10 Å². The Balaban J connectivity index is 1.91. The molecule has 5 heteroatoms.